The molecule has 1 aliphatic heterocycles. The number of likely N-dealkylation sites (tertiary alicyclic amines) is 1. The number of rotatable bonds is 7. The van der Waals surface area contributed by atoms with Crippen LogP contribution in [0.2, 0.25) is 0 Å². The molecule has 1 aliphatic rings. The van der Waals surface area contributed by atoms with Gasteiger partial charge in [-0.05, 0) is 81.2 Å². The highest BCUT2D eigenvalue weighted by Crippen LogP contribution is 2.31. The summed E-state index contributed by atoms with van der Waals surface area (Å²) in [6.07, 6.45) is 1.80. The lowest BCUT2D eigenvalue weighted by molar-refractivity contribution is 0.0697. The number of aromatic carboxylic acids is 1. The molecule has 32 heavy (non-hydrogen) atoms. The Bertz CT molecular complexity index is 1190. The molecule has 2 heterocycles. The monoisotopic (exact) mass is 437 g/mol. The zero-order chi connectivity index (χ0) is 22.8. The number of β-amino-alcohol motifs (C(OH)–C–C–N with tert-alkyl or cyclic N) is 1. The number of ether oxygens (including phenoxy) is 1. The molecule has 7 heteroatoms. The van der Waals surface area contributed by atoms with Gasteiger partial charge in [0.2, 0.25) is 0 Å². The van der Waals surface area contributed by atoms with Crippen molar-refractivity contribution in [3.8, 4) is 17.1 Å². The van der Waals surface area contributed by atoms with Crippen LogP contribution < -0.4 is 10.2 Å². The second-order valence-electron chi connectivity index (χ2n) is 8.40. The summed E-state index contributed by atoms with van der Waals surface area (Å²) in [4.78, 5) is 26.0. The van der Waals surface area contributed by atoms with Gasteiger partial charge in [-0.25, -0.2) is 4.79 Å². The standard InChI is InChI=1S/C25H27NO6/c1-15-9-18(10-16(2)24(15)31-14-19(27)13-26-7-3-4-8-26)23-12-21(28)20-11-17(25(29)30)5-6-22(20)32-23/h5-6,9-12,19,27H,3-4,7-8,13-14H2,1-2H3,(H,29,30). The van der Waals surface area contributed by atoms with Crippen molar-refractivity contribution in [2.24, 2.45) is 0 Å². The van der Waals surface area contributed by atoms with Crippen molar-refractivity contribution in [2.45, 2.75) is 32.8 Å². The third-order valence-corrected chi connectivity index (χ3v) is 5.81. The molecular weight excluding hydrogens is 410 g/mol. The van der Waals surface area contributed by atoms with Crippen LogP contribution in [0.1, 0.15) is 34.3 Å². The van der Waals surface area contributed by atoms with Gasteiger partial charge in [0.15, 0.2) is 5.43 Å². The molecule has 4 rings (SSSR count). The van der Waals surface area contributed by atoms with Crippen LogP contribution >= 0.6 is 0 Å². The number of benzene rings is 2. The van der Waals surface area contributed by atoms with Crippen molar-refractivity contribution >= 4 is 16.9 Å². The Morgan fingerprint density at radius 3 is 2.47 bits per heavy atom. The molecule has 3 aromatic rings. The number of nitrogens with zero attached hydrogens (tertiary/aromatic N) is 1. The molecule has 1 aromatic heterocycles. The van der Waals surface area contributed by atoms with Crippen molar-refractivity contribution in [1.29, 1.82) is 0 Å². The van der Waals surface area contributed by atoms with E-state index < -0.39 is 12.1 Å². The molecule has 0 bridgehead atoms. The summed E-state index contributed by atoms with van der Waals surface area (Å²) in [6, 6.07) is 9.38. The first-order valence-corrected chi connectivity index (χ1v) is 10.8. The van der Waals surface area contributed by atoms with Crippen molar-refractivity contribution in [1.82, 2.24) is 4.90 Å². The Hall–Kier alpha value is -3.16. The van der Waals surface area contributed by atoms with Crippen LogP contribution in [0.5, 0.6) is 5.75 Å². The van der Waals surface area contributed by atoms with Gasteiger partial charge in [-0.15, -0.1) is 0 Å². The van der Waals surface area contributed by atoms with E-state index in [1.807, 2.05) is 26.0 Å². The van der Waals surface area contributed by atoms with Gasteiger partial charge in [0.1, 0.15) is 29.8 Å². The van der Waals surface area contributed by atoms with Crippen molar-refractivity contribution in [3.05, 3.63) is 63.3 Å². The molecule has 1 unspecified atom stereocenters. The molecule has 1 fully saturated rings. The van der Waals surface area contributed by atoms with E-state index in [1.54, 1.807) is 0 Å². The van der Waals surface area contributed by atoms with Gasteiger partial charge in [-0.1, -0.05) is 0 Å². The average molecular weight is 437 g/mol. The number of fused-ring (bicyclic) bond motifs is 1. The van der Waals surface area contributed by atoms with Gasteiger partial charge < -0.3 is 24.3 Å². The van der Waals surface area contributed by atoms with E-state index in [-0.39, 0.29) is 23.0 Å². The molecule has 7 nitrogen and oxygen atoms in total. The maximum Gasteiger partial charge on any atom is 0.335 e. The molecule has 0 saturated carbocycles. The van der Waals surface area contributed by atoms with Crippen LogP contribution in [-0.4, -0.2) is 53.4 Å². The van der Waals surface area contributed by atoms with Gasteiger partial charge in [-0.3, -0.25) is 4.79 Å². The van der Waals surface area contributed by atoms with Crippen LogP contribution in [0.3, 0.4) is 0 Å². The highest BCUT2D eigenvalue weighted by Gasteiger charge is 2.18. The summed E-state index contributed by atoms with van der Waals surface area (Å²) in [6.45, 7) is 6.71. The summed E-state index contributed by atoms with van der Waals surface area (Å²) in [5, 5.41) is 19.7. The zero-order valence-electron chi connectivity index (χ0n) is 18.3. The van der Waals surface area contributed by atoms with Crippen molar-refractivity contribution in [2.75, 3.05) is 26.2 Å². The van der Waals surface area contributed by atoms with Crippen LogP contribution in [-0.2, 0) is 0 Å². The SMILES string of the molecule is Cc1cc(-c2cc(=O)c3cc(C(=O)O)ccc3o2)cc(C)c1OCC(O)CN1CCCC1. The van der Waals surface area contributed by atoms with Crippen LogP contribution in [0, 0.1) is 13.8 Å². The van der Waals surface area contributed by atoms with E-state index in [2.05, 4.69) is 4.90 Å². The van der Waals surface area contributed by atoms with Gasteiger partial charge >= 0.3 is 5.97 Å². The van der Waals surface area contributed by atoms with Gasteiger partial charge in [0.05, 0.1) is 10.9 Å². The Morgan fingerprint density at radius 2 is 1.81 bits per heavy atom. The van der Waals surface area contributed by atoms with Crippen molar-refractivity contribution < 1.29 is 24.2 Å². The smallest absolute Gasteiger partial charge is 0.335 e. The molecular formula is C25H27NO6. The van der Waals surface area contributed by atoms with E-state index in [9.17, 15) is 14.7 Å². The lowest BCUT2D eigenvalue weighted by atomic mass is 10.0. The Labute approximate surface area is 185 Å². The molecule has 0 amide bonds. The lowest BCUT2D eigenvalue weighted by Gasteiger charge is -2.21. The predicted octanol–water partition coefficient (Wildman–Crippen LogP) is 3.61. The average Bonchev–Trinajstić information content (AvgIpc) is 3.25. The number of hydrogen-bond donors (Lipinski definition) is 2. The number of aliphatic hydroxyl groups excluding tert-OH is 1. The quantitative estimate of drug-likeness (QED) is 0.582. The number of aryl methyl sites for hydroxylation is 2. The summed E-state index contributed by atoms with van der Waals surface area (Å²) in [5.41, 5.74) is 2.54. The van der Waals surface area contributed by atoms with Crippen LogP contribution in [0.4, 0.5) is 0 Å². The fraction of sp³-hybridized carbons (Fsp3) is 0.360. The molecule has 1 saturated heterocycles. The number of hydrogen-bond acceptors (Lipinski definition) is 6. The molecule has 168 valence electrons. The van der Waals surface area contributed by atoms with Gasteiger partial charge in [0.25, 0.3) is 0 Å². The van der Waals surface area contributed by atoms with E-state index in [1.165, 1.54) is 37.1 Å². The Kier molecular flexibility index (Phi) is 6.30. The third kappa shape index (κ3) is 4.69. The van der Waals surface area contributed by atoms with E-state index >= 15 is 0 Å². The first-order valence-electron chi connectivity index (χ1n) is 10.8. The highest BCUT2D eigenvalue weighted by atomic mass is 16.5. The molecule has 0 radical (unpaired) electrons. The molecule has 0 aliphatic carbocycles. The predicted molar refractivity (Wildman–Crippen MR) is 122 cm³/mol. The Morgan fingerprint density at radius 1 is 1.12 bits per heavy atom. The van der Waals surface area contributed by atoms with E-state index in [4.69, 9.17) is 14.3 Å². The van der Waals surface area contributed by atoms with Crippen LogP contribution in [0.15, 0.2) is 45.6 Å². The number of carboxylic acid groups (broad SMARTS) is 1. The van der Waals surface area contributed by atoms with Crippen molar-refractivity contribution in [3.63, 3.8) is 0 Å². The summed E-state index contributed by atoms with van der Waals surface area (Å²) in [5.74, 6) is 0.0172. The van der Waals surface area contributed by atoms with Gasteiger partial charge in [-0.2, -0.15) is 0 Å². The fourth-order valence-electron chi connectivity index (χ4n) is 4.25. The summed E-state index contributed by atoms with van der Waals surface area (Å²) >= 11 is 0. The van der Waals surface area contributed by atoms with Gasteiger partial charge in [0, 0.05) is 18.2 Å². The minimum absolute atomic E-state index is 0.0395. The number of carbonyl (C=O) groups is 1. The maximum atomic E-state index is 12.6. The maximum absolute atomic E-state index is 12.6. The first kappa shape index (κ1) is 22.0. The summed E-state index contributed by atoms with van der Waals surface area (Å²) < 4.78 is 11.8. The fourth-order valence-corrected chi connectivity index (χ4v) is 4.25. The second-order valence-corrected chi connectivity index (χ2v) is 8.40. The molecule has 1 atom stereocenters. The Balaban J connectivity index is 1.55. The number of aliphatic hydroxyl groups is 1. The zero-order valence-corrected chi connectivity index (χ0v) is 18.3. The summed E-state index contributed by atoms with van der Waals surface area (Å²) in [7, 11) is 0. The highest BCUT2D eigenvalue weighted by molar-refractivity contribution is 5.93. The van der Waals surface area contributed by atoms with E-state index in [0.29, 0.717) is 23.6 Å². The first-order chi connectivity index (χ1) is 15.3. The molecule has 0 spiro atoms. The minimum atomic E-state index is -1.09. The third-order valence-electron chi connectivity index (χ3n) is 5.81. The minimum Gasteiger partial charge on any atom is -0.490 e. The topological polar surface area (TPSA) is 100 Å². The normalized spacial score (nSPS) is 15.2. The second kappa shape index (κ2) is 9.14. The molecule has 2 N–H and O–H groups in total. The largest absolute Gasteiger partial charge is 0.490 e. The van der Waals surface area contributed by atoms with E-state index in [0.717, 1.165) is 29.8 Å². The number of carboxylic acids is 1. The molecule has 2 aromatic carbocycles. The van der Waals surface area contributed by atoms with Crippen LogP contribution in [0.25, 0.3) is 22.3 Å². The lowest BCUT2D eigenvalue weighted by Crippen LogP contribution is -2.33.